The van der Waals surface area contributed by atoms with E-state index in [4.69, 9.17) is 5.11 Å². The highest BCUT2D eigenvalue weighted by atomic mass is 16.6. The van der Waals surface area contributed by atoms with Crippen LogP contribution in [-0.4, -0.2) is 35.5 Å². The van der Waals surface area contributed by atoms with Crippen LogP contribution in [0.15, 0.2) is 18.2 Å². The zero-order valence-electron chi connectivity index (χ0n) is 11.0. The Kier molecular flexibility index (Phi) is 5.01. The van der Waals surface area contributed by atoms with Crippen LogP contribution in [0.1, 0.15) is 17.3 Å². The van der Waals surface area contributed by atoms with Gasteiger partial charge in [-0.2, -0.15) is 0 Å². The number of hydrogen-bond donors (Lipinski definition) is 3. The van der Waals surface area contributed by atoms with E-state index < -0.39 is 22.7 Å². The van der Waals surface area contributed by atoms with Crippen LogP contribution < -0.4 is 10.6 Å². The Labute approximate surface area is 114 Å². The summed E-state index contributed by atoms with van der Waals surface area (Å²) in [5.74, 6) is -2.12. The van der Waals surface area contributed by atoms with Gasteiger partial charge in [-0.1, -0.05) is 6.92 Å². The van der Waals surface area contributed by atoms with Crippen molar-refractivity contribution in [3.05, 3.63) is 33.9 Å². The highest BCUT2D eigenvalue weighted by Gasteiger charge is 2.18. The third-order valence-electron chi connectivity index (χ3n) is 2.70. The zero-order chi connectivity index (χ0) is 15.3. The van der Waals surface area contributed by atoms with E-state index in [9.17, 15) is 19.7 Å². The maximum Gasteiger partial charge on any atom is 0.308 e. The lowest BCUT2D eigenvalue weighted by atomic mass is 10.1. The monoisotopic (exact) mass is 281 g/mol. The molecule has 1 aromatic rings. The van der Waals surface area contributed by atoms with Crippen molar-refractivity contribution < 1.29 is 19.6 Å². The fraction of sp³-hybridized carbons (Fsp3) is 0.333. The molecule has 1 unspecified atom stereocenters. The fourth-order valence-corrected chi connectivity index (χ4v) is 1.47. The van der Waals surface area contributed by atoms with Gasteiger partial charge >= 0.3 is 5.97 Å². The largest absolute Gasteiger partial charge is 0.481 e. The summed E-state index contributed by atoms with van der Waals surface area (Å²) in [7, 11) is 1.43. The first-order valence-electron chi connectivity index (χ1n) is 5.84. The van der Waals surface area contributed by atoms with Gasteiger partial charge < -0.3 is 15.7 Å². The third-order valence-corrected chi connectivity index (χ3v) is 2.70. The molecule has 1 atom stereocenters. The van der Waals surface area contributed by atoms with Gasteiger partial charge in [0.1, 0.15) is 5.69 Å². The highest BCUT2D eigenvalue weighted by Crippen LogP contribution is 2.25. The summed E-state index contributed by atoms with van der Waals surface area (Å²) in [5.41, 5.74) is 0.0653. The molecule has 0 aliphatic rings. The number of aliphatic carboxylic acids is 1. The highest BCUT2D eigenvalue weighted by molar-refractivity contribution is 5.95. The normalized spacial score (nSPS) is 11.5. The Bertz CT molecular complexity index is 544. The van der Waals surface area contributed by atoms with Crippen molar-refractivity contribution in [2.75, 3.05) is 18.9 Å². The molecule has 0 spiro atoms. The minimum atomic E-state index is -0.998. The van der Waals surface area contributed by atoms with Crippen LogP contribution in [0, 0.1) is 16.0 Å². The van der Waals surface area contributed by atoms with Gasteiger partial charge in [0.2, 0.25) is 0 Å². The van der Waals surface area contributed by atoms with Crippen LogP contribution in [0.4, 0.5) is 11.4 Å². The van der Waals surface area contributed by atoms with Crippen LogP contribution >= 0.6 is 0 Å². The first kappa shape index (κ1) is 15.4. The Morgan fingerprint density at radius 2 is 2.10 bits per heavy atom. The Balaban J connectivity index is 2.99. The van der Waals surface area contributed by atoms with Crippen LogP contribution in [-0.2, 0) is 4.79 Å². The molecule has 0 aromatic heterocycles. The number of carbonyl (C=O) groups is 2. The second-order valence-electron chi connectivity index (χ2n) is 4.19. The minimum absolute atomic E-state index is 0.0511. The number of carbonyl (C=O) groups excluding carboxylic acids is 1. The molecule has 0 fully saturated rings. The predicted octanol–water partition coefficient (Wildman–Crippen LogP) is 1.09. The third kappa shape index (κ3) is 3.67. The average Bonchev–Trinajstić information content (AvgIpc) is 2.43. The number of rotatable bonds is 6. The Morgan fingerprint density at radius 3 is 2.60 bits per heavy atom. The van der Waals surface area contributed by atoms with E-state index in [0.717, 1.165) is 6.07 Å². The smallest absolute Gasteiger partial charge is 0.308 e. The maximum absolute atomic E-state index is 11.4. The molecule has 8 heteroatoms. The van der Waals surface area contributed by atoms with E-state index in [1.807, 2.05) is 0 Å². The first-order valence-corrected chi connectivity index (χ1v) is 5.84. The predicted molar refractivity (Wildman–Crippen MR) is 71.8 cm³/mol. The van der Waals surface area contributed by atoms with Crippen molar-refractivity contribution in [1.29, 1.82) is 0 Å². The van der Waals surface area contributed by atoms with Gasteiger partial charge in [0, 0.05) is 25.2 Å². The van der Waals surface area contributed by atoms with Crippen LogP contribution in [0.5, 0.6) is 0 Å². The van der Waals surface area contributed by atoms with Gasteiger partial charge in [-0.25, -0.2) is 0 Å². The lowest BCUT2D eigenvalue weighted by Crippen LogP contribution is -2.21. The van der Waals surface area contributed by atoms with Crippen LogP contribution in [0.2, 0.25) is 0 Å². The van der Waals surface area contributed by atoms with Gasteiger partial charge in [0.25, 0.3) is 11.6 Å². The molecule has 1 aromatic carbocycles. The van der Waals surface area contributed by atoms with Crippen LogP contribution in [0.3, 0.4) is 0 Å². The van der Waals surface area contributed by atoms with Gasteiger partial charge in [-0.15, -0.1) is 0 Å². The van der Waals surface area contributed by atoms with Gasteiger partial charge in [-0.3, -0.25) is 19.7 Å². The molecule has 0 saturated carbocycles. The van der Waals surface area contributed by atoms with E-state index in [0.29, 0.717) is 0 Å². The number of carboxylic acid groups (broad SMARTS) is 1. The molecule has 0 bridgehead atoms. The molecule has 0 aliphatic heterocycles. The zero-order valence-corrected chi connectivity index (χ0v) is 11.0. The summed E-state index contributed by atoms with van der Waals surface area (Å²) in [6.45, 7) is 1.54. The Morgan fingerprint density at radius 1 is 1.45 bits per heavy atom. The van der Waals surface area contributed by atoms with E-state index in [-0.39, 0.29) is 23.5 Å². The molecule has 0 aliphatic carbocycles. The molecule has 20 heavy (non-hydrogen) atoms. The van der Waals surface area contributed by atoms with Crippen molar-refractivity contribution in [2.24, 2.45) is 5.92 Å². The standard InChI is InChI=1S/C12H15N3O5/c1-7(12(17)18)6-14-9-4-3-8(11(16)13-2)5-10(9)15(19)20/h3-5,7,14H,6H2,1-2H3,(H,13,16)(H,17,18). The van der Waals surface area contributed by atoms with Crippen LogP contribution in [0.25, 0.3) is 0 Å². The minimum Gasteiger partial charge on any atom is -0.481 e. The van der Waals surface area contributed by atoms with Gasteiger partial charge in [0.15, 0.2) is 0 Å². The summed E-state index contributed by atoms with van der Waals surface area (Å²) < 4.78 is 0. The van der Waals surface area contributed by atoms with E-state index in [1.165, 1.54) is 26.1 Å². The molecule has 1 rings (SSSR count). The van der Waals surface area contributed by atoms with Crippen molar-refractivity contribution in [3.63, 3.8) is 0 Å². The Hall–Kier alpha value is -2.64. The first-order chi connectivity index (χ1) is 9.36. The molecule has 8 nitrogen and oxygen atoms in total. The number of nitrogens with one attached hydrogen (secondary N) is 2. The summed E-state index contributed by atoms with van der Waals surface area (Å²) in [6, 6.07) is 3.96. The maximum atomic E-state index is 11.4. The van der Waals surface area contributed by atoms with Crippen molar-refractivity contribution in [2.45, 2.75) is 6.92 Å². The second-order valence-corrected chi connectivity index (χ2v) is 4.19. The lowest BCUT2D eigenvalue weighted by Gasteiger charge is -2.10. The molecule has 0 radical (unpaired) electrons. The molecular weight excluding hydrogens is 266 g/mol. The average molecular weight is 281 g/mol. The van der Waals surface area contributed by atoms with E-state index in [2.05, 4.69) is 10.6 Å². The second kappa shape index (κ2) is 6.50. The number of carboxylic acids is 1. The van der Waals surface area contributed by atoms with E-state index in [1.54, 1.807) is 0 Å². The topological polar surface area (TPSA) is 122 Å². The number of anilines is 1. The summed E-state index contributed by atoms with van der Waals surface area (Å²) in [6.07, 6.45) is 0. The van der Waals surface area contributed by atoms with Gasteiger partial charge in [0.05, 0.1) is 10.8 Å². The number of amides is 1. The van der Waals surface area contributed by atoms with Crippen molar-refractivity contribution >= 4 is 23.3 Å². The van der Waals surface area contributed by atoms with E-state index >= 15 is 0 Å². The molecule has 108 valence electrons. The molecule has 0 heterocycles. The summed E-state index contributed by atoms with van der Waals surface area (Å²) in [5, 5.41) is 24.8. The lowest BCUT2D eigenvalue weighted by molar-refractivity contribution is -0.384. The SMILES string of the molecule is CNC(=O)c1ccc(NCC(C)C(=O)O)c([N+](=O)[O-])c1. The van der Waals surface area contributed by atoms with Crippen molar-refractivity contribution in [3.8, 4) is 0 Å². The number of hydrogen-bond acceptors (Lipinski definition) is 5. The summed E-state index contributed by atoms with van der Waals surface area (Å²) >= 11 is 0. The van der Waals surface area contributed by atoms with Crippen molar-refractivity contribution in [1.82, 2.24) is 5.32 Å². The fourth-order valence-electron chi connectivity index (χ4n) is 1.47. The molecule has 0 saturated heterocycles. The number of benzene rings is 1. The molecular formula is C12H15N3O5. The van der Waals surface area contributed by atoms with Gasteiger partial charge in [-0.05, 0) is 12.1 Å². The molecule has 3 N–H and O–H groups in total. The summed E-state index contributed by atoms with van der Waals surface area (Å²) in [4.78, 5) is 32.5. The number of nitro groups is 1. The number of nitrogens with zero attached hydrogens (tertiary/aromatic N) is 1. The molecule has 1 amide bonds. The number of nitro benzene ring substituents is 1. The quantitative estimate of drug-likeness (QED) is 0.530.